The van der Waals surface area contributed by atoms with Gasteiger partial charge < -0.3 is 10.8 Å². The molecule has 0 heterocycles. The van der Waals surface area contributed by atoms with Crippen molar-refractivity contribution in [2.24, 2.45) is 0 Å². The van der Waals surface area contributed by atoms with Crippen molar-refractivity contribution in [3.05, 3.63) is 29.8 Å². The van der Waals surface area contributed by atoms with Crippen LogP contribution in [0.2, 0.25) is 0 Å². The van der Waals surface area contributed by atoms with Crippen LogP contribution in [0.25, 0.3) is 0 Å². The van der Waals surface area contributed by atoms with Gasteiger partial charge in [0.05, 0.1) is 5.56 Å². The zero-order valence-electron chi connectivity index (χ0n) is 5.24. The Morgan fingerprint density at radius 2 is 1.73 bits per heavy atom. The van der Waals surface area contributed by atoms with Crippen LogP contribution in [0.4, 0.5) is 5.69 Å². The fourth-order valence-electron chi connectivity index (χ4n) is 0.626. The first-order chi connectivity index (χ1) is 4.70. The van der Waals surface area contributed by atoms with E-state index in [0.717, 1.165) is 0 Å². The Morgan fingerprint density at radius 3 is 2.09 bits per heavy atom. The third-order valence-corrected chi connectivity index (χ3v) is 1.16. The molecule has 0 saturated carbocycles. The van der Waals surface area contributed by atoms with Crippen molar-refractivity contribution >= 4 is 80.6 Å². The number of carboxylic acids is 1. The molecule has 4 heteroatoms. The SMILES string of the molecule is Nc1ccc(C(=O)O)cc1.[CsH]. The van der Waals surface area contributed by atoms with Crippen LogP contribution in [-0.2, 0) is 0 Å². The summed E-state index contributed by atoms with van der Waals surface area (Å²) >= 11 is 0. The van der Waals surface area contributed by atoms with Gasteiger partial charge in [-0.15, -0.1) is 0 Å². The number of carboxylic acid groups (broad SMARTS) is 1. The molecule has 0 amide bonds. The van der Waals surface area contributed by atoms with Crippen molar-refractivity contribution in [3.63, 3.8) is 0 Å². The summed E-state index contributed by atoms with van der Waals surface area (Å²) < 4.78 is 0. The topological polar surface area (TPSA) is 63.3 Å². The van der Waals surface area contributed by atoms with Crippen LogP contribution < -0.4 is 5.73 Å². The number of benzene rings is 1. The van der Waals surface area contributed by atoms with Crippen molar-refractivity contribution in [1.29, 1.82) is 0 Å². The quantitative estimate of drug-likeness (QED) is 0.723. The number of nitrogens with two attached hydrogens (primary N) is 1. The molecule has 0 fully saturated rings. The van der Waals surface area contributed by atoms with Gasteiger partial charge >= 0.3 is 74.9 Å². The number of hydrogen-bond acceptors (Lipinski definition) is 2. The predicted molar refractivity (Wildman–Crippen MR) is 45.0 cm³/mol. The van der Waals surface area contributed by atoms with Crippen molar-refractivity contribution in [2.75, 3.05) is 5.73 Å². The van der Waals surface area contributed by atoms with E-state index in [4.69, 9.17) is 10.8 Å². The molecule has 11 heavy (non-hydrogen) atoms. The van der Waals surface area contributed by atoms with Crippen LogP contribution in [0.3, 0.4) is 0 Å². The Labute approximate surface area is 123 Å². The molecule has 1 aromatic carbocycles. The molecule has 3 nitrogen and oxygen atoms in total. The molecular formula is C7H8CsNO2. The van der Waals surface area contributed by atoms with E-state index >= 15 is 0 Å². The monoisotopic (exact) mass is 271 g/mol. The molecule has 0 saturated heterocycles. The van der Waals surface area contributed by atoms with Gasteiger partial charge in [-0.2, -0.15) is 0 Å². The Kier molecular flexibility index (Phi) is 5.49. The van der Waals surface area contributed by atoms with Gasteiger partial charge in [0.1, 0.15) is 0 Å². The standard InChI is InChI=1S/C7H7NO2.Cs.H/c8-6-3-1-5(2-4-6)7(9)10;;/h1-4H,8H2,(H,9,10);;. The predicted octanol–water partition coefficient (Wildman–Crippen LogP) is 0.319. The third kappa shape index (κ3) is 3.64. The van der Waals surface area contributed by atoms with E-state index in [1.165, 1.54) is 12.1 Å². The normalized spacial score (nSPS) is 8.36. The van der Waals surface area contributed by atoms with E-state index in [0.29, 0.717) is 5.69 Å². The summed E-state index contributed by atoms with van der Waals surface area (Å²) in [6.45, 7) is 0. The van der Waals surface area contributed by atoms with Crippen LogP contribution in [-0.4, -0.2) is 80.0 Å². The van der Waals surface area contributed by atoms with Crippen LogP contribution in [0.5, 0.6) is 0 Å². The molecule has 0 aliphatic carbocycles. The molecule has 0 atom stereocenters. The molecule has 1 aromatic rings. The van der Waals surface area contributed by atoms with Gasteiger partial charge in [0.25, 0.3) is 0 Å². The molecule has 0 unspecified atom stereocenters. The van der Waals surface area contributed by atoms with Crippen molar-refractivity contribution in [2.45, 2.75) is 0 Å². The molecule has 0 aliphatic heterocycles. The molecule has 0 spiro atoms. The van der Waals surface area contributed by atoms with Crippen molar-refractivity contribution < 1.29 is 9.90 Å². The van der Waals surface area contributed by atoms with Gasteiger partial charge in [-0.3, -0.25) is 0 Å². The first-order valence-electron chi connectivity index (χ1n) is 2.79. The molecular weight excluding hydrogens is 263 g/mol. The van der Waals surface area contributed by atoms with Gasteiger partial charge in [-0.1, -0.05) is 0 Å². The van der Waals surface area contributed by atoms with Crippen LogP contribution >= 0.6 is 0 Å². The maximum atomic E-state index is 10.3. The molecule has 3 N–H and O–H groups in total. The molecule has 0 aliphatic rings. The van der Waals surface area contributed by atoms with E-state index in [1.807, 2.05) is 0 Å². The van der Waals surface area contributed by atoms with Gasteiger partial charge in [0.2, 0.25) is 0 Å². The Morgan fingerprint density at radius 1 is 1.27 bits per heavy atom. The van der Waals surface area contributed by atoms with E-state index in [9.17, 15) is 4.79 Å². The molecule has 0 bridgehead atoms. The zero-order chi connectivity index (χ0) is 7.56. The second-order valence-corrected chi connectivity index (χ2v) is 1.93. The molecule has 54 valence electrons. The second kappa shape index (κ2) is 5.23. The van der Waals surface area contributed by atoms with Crippen LogP contribution in [0.15, 0.2) is 24.3 Å². The van der Waals surface area contributed by atoms with Gasteiger partial charge in [-0.25, -0.2) is 4.79 Å². The van der Waals surface area contributed by atoms with E-state index in [1.54, 1.807) is 12.1 Å². The van der Waals surface area contributed by atoms with Crippen molar-refractivity contribution in [3.8, 4) is 0 Å². The first kappa shape index (κ1) is 11.5. The summed E-state index contributed by atoms with van der Waals surface area (Å²) in [7, 11) is 0. The van der Waals surface area contributed by atoms with E-state index < -0.39 is 5.97 Å². The zero-order valence-corrected chi connectivity index (χ0v) is 5.24. The number of carbonyl (C=O) groups is 1. The maximum absolute atomic E-state index is 10.3. The fourth-order valence-corrected chi connectivity index (χ4v) is 0.626. The molecule has 0 aromatic heterocycles. The number of hydrogen-bond donors (Lipinski definition) is 2. The average molecular weight is 271 g/mol. The third-order valence-electron chi connectivity index (χ3n) is 1.16. The van der Waals surface area contributed by atoms with Crippen LogP contribution in [0.1, 0.15) is 10.4 Å². The summed E-state index contributed by atoms with van der Waals surface area (Å²) in [4.78, 5) is 10.3. The van der Waals surface area contributed by atoms with Gasteiger partial charge in [0.15, 0.2) is 0 Å². The minimum absolute atomic E-state index is 0. The first-order valence-corrected chi connectivity index (χ1v) is 2.79. The Balaban J connectivity index is 0.000001000. The second-order valence-electron chi connectivity index (χ2n) is 1.93. The number of nitrogen functional groups attached to an aromatic ring is 1. The van der Waals surface area contributed by atoms with E-state index in [2.05, 4.69) is 0 Å². The van der Waals surface area contributed by atoms with Gasteiger partial charge in [0, 0.05) is 5.69 Å². The van der Waals surface area contributed by atoms with Crippen molar-refractivity contribution in [1.82, 2.24) is 0 Å². The van der Waals surface area contributed by atoms with E-state index in [-0.39, 0.29) is 74.5 Å². The minimum atomic E-state index is -0.931. The summed E-state index contributed by atoms with van der Waals surface area (Å²) in [6.07, 6.45) is 0. The Bertz CT molecular complexity index is 245. The number of aromatic carboxylic acids is 1. The summed E-state index contributed by atoms with van der Waals surface area (Å²) in [5.74, 6) is -0.931. The average Bonchev–Trinajstić information content (AvgIpc) is 1.88. The molecule has 1 rings (SSSR count). The number of anilines is 1. The summed E-state index contributed by atoms with van der Waals surface area (Å²) in [5, 5.41) is 8.43. The summed E-state index contributed by atoms with van der Waals surface area (Å²) in [5.41, 5.74) is 6.17. The van der Waals surface area contributed by atoms with Gasteiger partial charge in [-0.05, 0) is 24.3 Å². The Hall–Kier alpha value is 0.542. The number of rotatable bonds is 1. The fraction of sp³-hybridized carbons (Fsp3) is 0. The summed E-state index contributed by atoms with van der Waals surface area (Å²) in [6, 6.07) is 6.06. The van der Waals surface area contributed by atoms with Crippen LogP contribution in [0, 0.1) is 0 Å². The molecule has 0 radical (unpaired) electrons.